The SMILES string of the molecule is C/C(=N/NC(=O)Cc1ccc(C)cc1C)c1ccc(O)cc1O. The van der Waals surface area contributed by atoms with Crippen molar-refractivity contribution in [3.63, 3.8) is 0 Å². The summed E-state index contributed by atoms with van der Waals surface area (Å²) < 4.78 is 0. The van der Waals surface area contributed by atoms with E-state index in [4.69, 9.17) is 0 Å². The van der Waals surface area contributed by atoms with Gasteiger partial charge in [-0.2, -0.15) is 5.10 Å². The average Bonchev–Trinajstić information content (AvgIpc) is 2.48. The summed E-state index contributed by atoms with van der Waals surface area (Å²) >= 11 is 0. The molecule has 0 radical (unpaired) electrons. The molecule has 0 spiro atoms. The average molecular weight is 312 g/mol. The van der Waals surface area contributed by atoms with Crippen LogP contribution < -0.4 is 5.43 Å². The molecule has 0 fully saturated rings. The van der Waals surface area contributed by atoms with E-state index >= 15 is 0 Å². The number of phenols is 2. The Morgan fingerprint density at radius 3 is 2.52 bits per heavy atom. The molecule has 2 aromatic carbocycles. The van der Waals surface area contributed by atoms with E-state index in [1.807, 2.05) is 32.0 Å². The highest BCUT2D eigenvalue weighted by Crippen LogP contribution is 2.22. The molecule has 0 aromatic heterocycles. The van der Waals surface area contributed by atoms with E-state index in [-0.39, 0.29) is 23.8 Å². The van der Waals surface area contributed by atoms with Gasteiger partial charge < -0.3 is 10.2 Å². The predicted molar refractivity (Wildman–Crippen MR) is 89.7 cm³/mol. The van der Waals surface area contributed by atoms with Gasteiger partial charge in [-0.25, -0.2) is 5.43 Å². The van der Waals surface area contributed by atoms with Crippen LogP contribution in [-0.4, -0.2) is 21.8 Å². The maximum absolute atomic E-state index is 12.0. The minimum atomic E-state index is -0.227. The maximum atomic E-state index is 12.0. The molecule has 5 heteroatoms. The van der Waals surface area contributed by atoms with Crippen molar-refractivity contribution >= 4 is 11.6 Å². The maximum Gasteiger partial charge on any atom is 0.244 e. The monoisotopic (exact) mass is 312 g/mol. The van der Waals surface area contributed by atoms with Gasteiger partial charge in [-0.1, -0.05) is 23.8 Å². The lowest BCUT2D eigenvalue weighted by molar-refractivity contribution is -0.120. The largest absolute Gasteiger partial charge is 0.508 e. The fourth-order valence-electron chi connectivity index (χ4n) is 2.29. The minimum Gasteiger partial charge on any atom is -0.508 e. The van der Waals surface area contributed by atoms with Crippen LogP contribution in [-0.2, 0) is 11.2 Å². The number of hydrogen-bond donors (Lipinski definition) is 3. The Balaban J connectivity index is 2.05. The topological polar surface area (TPSA) is 81.9 Å². The lowest BCUT2D eigenvalue weighted by atomic mass is 10.0. The summed E-state index contributed by atoms with van der Waals surface area (Å²) in [6.45, 7) is 5.65. The molecule has 3 N–H and O–H groups in total. The number of amides is 1. The molecular formula is C18H20N2O3. The molecule has 5 nitrogen and oxygen atoms in total. The summed E-state index contributed by atoms with van der Waals surface area (Å²) in [5.74, 6) is -0.345. The molecule has 0 unspecified atom stereocenters. The van der Waals surface area contributed by atoms with E-state index in [0.717, 1.165) is 16.7 Å². The van der Waals surface area contributed by atoms with E-state index in [2.05, 4.69) is 10.5 Å². The van der Waals surface area contributed by atoms with Crippen LogP contribution in [0.3, 0.4) is 0 Å². The Kier molecular flexibility index (Phi) is 5.01. The van der Waals surface area contributed by atoms with Gasteiger partial charge in [-0.05, 0) is 44.0 Å². The van der Waals surface area contributed by atoms with E-state index in [1.54, 1.807) is 13.0 Å². The van der Waals surface area contributed by atoms with Gasteiger partial charge in [0.1, 0.15) is 11.5 Å². The third-order valence-corrected chi connectivity index (χ3v) is 3.57. The van der Waals surface area contributed by atoms with E-state index in [9.17, 15) is 15.0 Å². The number of carbonyl (C=O) groups excluding carboxylic acids is 1. The number of aryl methyl sites for hydroxylation is 2. The second-order valence-corrected chi connectivity index (χ2v) is 5.54. The molecule has 1 amide bonds. The van der Waals surface area contributed by atoms with Crippen LogP contribution in [0.2, 0.25) is 0 Å². The van der Waals surface area contributed by atoms with Crippen LogP contribution in [0.1, 0.15) is 29.2 Å². The van der Waals surface area contributed by atoms with Crippen molar-refractivity contribution in [3.05, 3.63) is 58.7 Å². The van der Waals surface area contributed by atoms with Gasteiger partial charge in [0.15, 0.2) is 0 Å². The van der Waals surface area contributed by atoms with Crippen molar-refractivity contribution in [2.45, 2.75) is 27.2 Å². The molecule has 120 valence electrons. The fraction of sp³-hybridized carbons (Fsp3) is 0.222. The Labute approximate surface area is 135 Å². The number of rotatable bonds is 4. The molecule has 2 aromatic rings. The fourth-order valence-corrected chi connectivity index (χ4v) is 2.29. The molecule has 0 aliphatic carbocycles. The summed E-state index contributed by atoms with van der Waals surface area (Å²) in [4.78, 5) is 12.0. The van der Waals surface area contributed by atoms with Gasteiger partial charge in [-0.3, -0.25) is 4.79 Å². The zero-order valence-corrected chi connectivity index (χ0v) is 13.4. The van der Waals surface area contributed by atoms with Crippen molar-refractivity contribution in [1.29, 1.82) is 0 Å². The molecule has 0 saturated carbocycles. The number of hydrazone groups is 1. The third kappa shape index (κ3) is 4.32. The second-order valence-electron chi connectivity index (χ2n) is 5.54. The van der Waals surface area contributed by atoms with Gasteiger partial charge >= 0.3 is 0 Å². The molecule has 0 saturated heterocycles. The first-order valence-corrected chi connectivity index (χ1v) is 7.28. The van der Waals surface area contributed by atoms with Crippen LogP contribution in [0, 0.1) is 13.8 Å². The Morgan fingerprint density at radius 1 is 1.13 bits per heavy atom. The zero-order chi connectivity index (χ0) is 17.0. The molecule has 0 atom stereocenters. The van der Waals surface area contributed by atoms with E-state index in [0.29, 0.717) is 11.3 Å². The first-order chi connectivity index (χ1) is 10.9. The van der Waals surface area contributed by atoms with Gasteiger partial charge in [0, 0.05) is 11.6 Å². The summed E-state index contributed by atoms with van der Waals surface area (Å²) in [7, 11) is 0. The first kappa shape index (κ1) is 16.5. The van der Waals surface area contributed by atoms with Gasteiger partial charge in [0.2, 0.25) is 5.91 Å². The smallest absolute Gasteiger partial charge is 0.244 e. The highest BCUT2D eigenvalue weighted by molar-refractivity contribution is 6.01. The number of aromatic hydroxyl groups is 2. The Hall–Kier alpha value is -2.82. The number of nitrogens with zero attached hydrogens (tertiary/aromatic N) is 1. The number of carbonyl (C=O) groups is 1. The molecule has 0 aliphatic heterocycles. The first-order valence-electron chi connectivity index (χ1n) is 7.28. The zero-order valence-electron chi connectivity index (χ0n) is 13.4. The molecule has 0 aliphatic rings. The highest BCUT2D eigenvalue weighted by Gasteiger charge is 2.08. The summed E-state index contributed by atoms with van der Waals surface area (Å²) in [5, 5.41) is 23.1. The molecular weight excluding hydrogens is 292 g/mol. The van der Waals surface area contributed by atoms with Gasteiger partial charge in [0.05, 0.1) is 12.1 Å². The van der Waals surface area contributed by atoms with Crippen LogP contribution in [0.4, 0.5) is 0 Å². The van der Waals surface area contributed by atoms with Gasteiger partial charge in [-0.15, -0.1) is 0 Å². The van der Waals surface area contributed by atoms with Crippen LogP contribution in [0.5, 0.6) is 11.5 Å². The normalized spacial score (nSPS) is 11.3. The van der Waals surface area contributed by atoms with Crippen LogP contribution >= 0.6 is 0 Å². The number of nitrogens with one attached hydrogen (secondary N) is 1. The van der Waals surface area contributed by atoms with Crippen LogP contribution in [0.15, 0.2) is 41.5 Å². The van der Waals surface area contributed by atoms with Crippen molar-refractivity contribution in [2.75, 3.05) is 0 Å². The lowest BCUT2D eigenvalue weighted by Gasteiger charge is -2.07. The number of benzene rings is 2. The van der Waals surface area contributed by atoms with Crippen LogP contribution in [0.25, 0.3) is 0 Å². The number of phenolic OH excluding ortho intramolecular Hbond substituents is 2. The molecule has 23 heavy (non-hydrogen) atoms. The van der Waals surface area contributed by atoms with E-state index < -0.39 is 0 Å². The lowest BCUT2D eigenvalue weighted by Crippen LogP contribution is -2.21. The second kappa shape index (κ2) is 6.96. The van der Waals surface area contributed by atoms with Crippen molar-refractivity contribution in [1.82, 2.24) is 5.43 Å². The highest BCUT2D eigenvalue weighted by atomic mass is 16.3. The van der Waals surface area contributed by atoms with E-state index in [1.165, 1.54) is 12.1 Å². The quantitative estimate of drug-likeness (QED) is 0.600. The van der Waals surface area contributed by atoms with Crippen molar-refractivity contribution in [2.24, 2.45) is 5.10 Å². The van der Waals surface area contributed by atoms with Crippen molar-refractivity contribution < 1.29 is 15.0 Å². The minimum absolute atomic E-state index is 0.0297. The summed E-state index contributed by atoms with van der Waals surface area (Å²) in [6, 6.07) is 10.2. The van der Waals surface area contributed by atoms with Gasteiger partial charge in [0.25, 0.3) is 0 Å². The molecule has 0 heterocycles. The molecule has 2 rings (SSSR count). The standard InChI is InChI=1S/C18H20N2O3/c1-11-4-5-14(12(2)8-11)9-18(23)20-19-13(3)16-7-6-15(21)10-17(16)22/h4-8,10,21-22H,9H2,1-3H3,(H,20,23)/b19-13-. The van der Waals surface area contributed by atoms with Crippen molar-refractivity contribution in [3.8, 4) is 11.5 Å². The Morgan fingerprint density at radius 2 is 1.87 bits per heavy atom. The molecule has 0 bridgehead atoms. The summed E-state index contributed by atoms with van der Waals surface area (Å²) in [6.07, 6.45) is 0.241. The third-order valence-electron chi connectivity index (χ3n) is 3.57. The Bertz CT molecular complexity index is 767. The predicted octanol–water partition coefficient (Wildman–Crippen LogP) is 2.80. The number of hydrogen-bond acceptors (Lipinski definition) is 4. The summed E-state index contributed by atoms with van der Waals surface area (Å²) in [5.41, 5.74) is 6.57.